The van der Waals surface area contributed by atoms with E-state index in [1.165, 1.54) is 0 Å². The van der Waals surface area contributed by atoms with Gasteiger partial charge in [0.25, 0.3) is 0 Å². The second kappa shape index (κ2) is 4.38. The zero-order valence-electron chi connectivity index (χ0n) is 10.1. The van der Waals surface area contributed by atoms with Gasteiger partial charge in [-0.1, -0.05) is 24.4 Å². The van der Waals surface area contributed by atoms with Crippen LogP contribution in [-0.4, -0.2) is 16.5 Å². The van der Waals surface area contributed by atoms with Gasteiger partial charge in [-0.3, -0.25) is 0 Å². The summed E-state index contributed by atoms with van der Waals surface area (Å²) in [5, 5.41) is 3.29. The molecule has 1 N–H and O–H groups in total. The number of nitrogens with one attached hydrogen (secondary N) is 1. The second-order valence-electron chi connectivity index (χ2n) is 4.09. The standard InChI is InChI=1S/C14H13N3S/c1-2-17-12-8-4-3-7-11(12)16-14(18)10-6-5-9-15-13(10)17/h3-9H,2H2,1H3,(H,16,18). The minimum absolute atomic E-state index is 0.724. The third-order valence-electron chi connectivity index (χ3n) is 3.05. The average Bonchev–Trinajstić information content (AvgIpc) is 2.53. The Labute approximate surface area is 111 Å². The molecule has 0 fully saturated rings. The van der Waals surface area contributed by atoms with Crippen LogP contribution in [0.4, 0.5) is 17.2 Å². The Morgan fingerprint density at radius 1 is 1.22 bits per heavy atom. The van der Waals surface area contributed by atoms with Crippen molar-refractivity contribution in [2.45, 2.75) is 6.92 Å². The SMILES string of the molecule is CCN1c2ccccc2NC(=S)c2cccnc21. The van der Waals surface area contributed by atoms with Crippen LogP contribution in [0.25, 0.3) is 0 Å². The highest BCUT2D eigenvalue weighted by atomic mass is 32.1. The van der Waals surface area contributed by atoms with E-state index >= 15 is 0 Å². The number of anilines is 3. The van der Waals surface area contributed by atoms with E-state index in [-0.39, 0.29) is 0 Å². The highest BCUT2D eigenvalue weighted by Gasteiger charge is 2.22. The first-order valence-electron chi connectivity index (χ1n) is 5.94. The lowest BCUT2D eigenvalue weighted by atomic mass is 10.2. The number of thiocarbonyl (C=S) groups is 1. The van der Waals surface area contributed by atoms with E-state index in [1.54, 1.807) is 6.20 Å². The van der Waals surface area contributed by atoms with E-state index < -0.39 is 0 Å². The van der Waals surface area contributed by atoms with E-state index in [4.69, 9.17) is 12.2 Å². The largest absolute Gasteiger partial charge is 0.344 e. The summed E-state index contributed by atoms with van der Waals surface area (Å²) < 4.78 is 0. The molecule has 2 heterocycles. The Morgan fingerprint density at radius 2 is 2.06 bits per heavy atom. The van der Waals surface area contributed by atoms with Gasteiger partial charge >= 0.3 is 0 Å². The lowest BCUT2D eigenvalue weighted by Crippen LogP contribution is -2.18. The first kappa shape index (κ1) is 11.2. The molecule has 0 amide bonds. The average molecular weight is 255 g/mol. The highest BCUT2D eigenvalue weighted by Crippen LogP contribution is 2.36. The number of fused-ring (bicyclic) bond motifs is 2. The number of benzene rings is 1. The molecule has 1 aliphatic heterocycles. The minimum Gasteiger partial charge on any atom is -0.344 e. The zero-order valence-corrected chi connectivity index (χ0v) is 10.9. The third-order valence-corrected chi connectivity index (χ3v) is 3.37. The van der Waals surface area contributed by atoms with Crippen LogP contribution in [0.2, 0.25) is 0 Å². The topological polar surface area (TPSA) is 28.2 Å². The lowest BCUT2D eigenvalue weighted by Gasteiger charge is -2.22. The van der Waals surface area contributed by atoms with Gasteiger partial charge in [0.2, 0.25) is 0 Å². The number of hydrogen-bond acceptors (Lipinski definition) is 3. The fourth-order valence-electron chi connectivity index (χ4n) is 2.23. The van der Waals surface area contributed by atoms with Crippen molar-refractivity contribution in [3.8, 4) is 0 Å². The number of hydrogen-bond donors (Lipinski definition) is 1. The maximum Gasteiger partial charge on any atom is 0.143 e. The molecule has 3 nitrogen and oxygen atoms in total. The molecular weight excluding hydrogens is 242 g/mol. The molecule has 0 saturated carbocycles. The molecule has 1 aliphatic rings. The van der Waals surface area contributed by atoms with Crippen LogP contribution in [0, 0.1) is 0 Å². The molecule has 90 valence electrons. The van der Waals surface area contributed by atoms with Crippen molar-refractivity contribution in [1.82, 2.24) is 4.98 Å². The quantitative estimate of drug-likeness (QED) is 0.791. The summed E-state index contributed by atoms with van der Waals surface area (Å²) in [6, 6.07) is 12.1. The van der Waals surface area contributed by atoms with Gasteiger partial charge in [0, 0.05) is 12.7 Å². The highest BCUT2D eigenvalue weighted by molar-refractivity contribution is 7.81. The molecule has 1 aromatic heterocycles. The summed E-state index contributed by atoms with van der Waals surface area (Å²) in [6.45, 7) is 2.97. The van der Waals surface area contributed by atoms with Gasteiger partial charge in [0.05, 0.1) is 16.9 Å². The van der Waals surface area contributed by atoms with Crippen molar-refractivity contribution in [2.75, 3.05) is 16.8 Å². The van der Waals surface area contributed by atoms with Gasteiger partial charge in [0.15, 0.2) is 0 Å². The van der Waals surface area contributed by atoms with Crippen LogP contribution in [0.5, 0.6) is 0 Å². The monoisotopic (exact) mass is 255 g/mol. The Hall–Kier alpha value is -1.94. The molecule has 0 spiro atoms. The predicted octanol–water partition coefficient (Wildman–Crippen LogP) is 3.34. The summed E-state index contributed by atoms with van der Waals surface area (Å²) in [6.07, 6.45) is 1.80. The van der Waals surface area contributed by atoms with Gasteiger partial charge < -0.3 is 10.2 Å². The summed E-state index contributed by atoms with van der Waals surface area (Å²) >= 11 is 5.45. The molecule has 0 atom stereocenters. The molecule has 0 aliphatic carbocycles. The van der Waals surface area contributed by atoms with Crippen LogP contribution in [-0.2, 0) is 0 Å². The maximum atomic E-state index is 5.45. The normalized spacial score (nSPS) is 13.4. The van der Waals surface area contributed by atoms with Crippen molar-refractivity contribution >= 4 is 34.4 Å². The Balaban J connectivity index is 2.26. The number of rotatable bonds is 1. The summed E-state index contributed by atoms with van der Waals surface area (Å²) in [5.74, 6) is 0.919. The van der Waals surface area contributed by atoms with Crippen molar-refractivity contribution < 1.29 is 0 Å². The number of aromatic nitrogens is 1. The molecule has 0 unspecified atom stereocenters. The van der Waals surface area contributed by atoms with Gasteiger partial charge in [-0.15, -0.1) is 0 Å². The first-order chi connectivity index (χ1) is 8.81. The zero-order chi connectivity index (χ0) is 12.5. The van der Waals surface area contributed by atoms with Crippen LogP contribution < -0.4 is 10.2 Å². The maximum absolute atomic E-state index is 5.45. The van der Waals surface area contributed by atoms with E-state index in [0.717, 1.165) is 34.3 Å². The molecule has 3 rings (SSSR count). The molecule has 0 radical (unpaired) electrons. The first-order valence-corrected chi connectivity index (χ1v) is 6.35. The molecule has 18 heavy (non-hydrogen) atoms. The summed E-state index contributed by atoms with van der Waals surface area (Å²) in [5.41, 5.74) is 3.12. The Bertz CT molecular complexity index is 609. The van der Waals surface area contributed by atoms with Gasteiger partial charge in [0.1, 0.15) is 10.8 Å². The number of nitrogens with zero attached hydrogens (tertiary/aromatic N) is 2. The predicted molar refractivity (Wildman–Crippen MR) is 78.7 cm³/mol. The summed E-state index contributed by atoms with van der Waals surface area (Å²) in [7, 11) is 0. The van der Waals surface area contributed by atoms with Crippen LogP contribution in [0.3, 0.4) is 0 Å². The summed E-state index contributed by atoms with van der Waals surface area (Å²) in [4.78, 5) is 7.38. The fourth-order valence-corrected chi connectivity index (χ4v) is 2.50. The van der Waals surface area contributed by atoms with Gasteiger partial charge in [-0.25, -0.2) is 4.98 Å². The molecule has 1 aromatic carbocycles. The van der Waals surface area contributed by atoms with Crippen LogP contribution >= 0.6 is 12.2 Å². The van der Waals surface area contributed by atoms with Gasteiger partial charge in [-0.05, 0) is 31.2 Å². The van der Waals surface area contributed by atoms with Crippen LogP contribution in [0.1, 0.15) is 12.5 Å². The third kappa shape index (κ3) is 1.66. The number of pyridine rings is 1. The smallest absolute Gasteiger partial charge is 0.143 e. The van der Waals surface area contributed by atoms with Crippen LogP contribution in [0.15, 0.2) is 42.6 Å². The van der Waals surface area contributed by atoms with Crippen molar-refractivity contribution in [3.05, 3.63) is 48.2 Å². The molecular formula is C14H13N3S. The minimum atomic E-state index is 0.724. The van der Waals surface area contributed by atoms with Gasteiger partial charge in [-0.2, -0.15) is 0 Å². The molecule has 4 heteroatoms. The lowest BCUT2D eigenvalue weighted by molar-refractivity contribution is 0.992. The van der Waals surface area contributed by atoms with E-state index in [9.17, 15) is 0 Å². The van der Waals surface area contributed by atoms with E-state index in [2.05, 4.69) is 28.2 Å². The molecule has 0 saturated heterocycles. The Kier molecular flexibility index (Phi) is 2.72. The number of para-hydroxylation sites is 2. The van der Waals surface area contributed by atoms with Crippen molar-refractivity contribution in [2.24, 2.45) is 0 Å². The molecule has 2 aromatic rings. The molecule has 0 bridgehead atoms. The fraction of sp³-hybridized carbons (Fsp3) is 0.143. The van der Waals surface area contributed by atoms with Crippen molar-refractivity contribution in [1.29, 1.82) is 0 Å². The Morgan fingerprint density at radius 3 is 2.89 bits per heavy atom. The van der Waals surface area contributed by atoms with E-state index in [1.807, 2.05) is 30.3 Å². The van der Waals surface area contributed by atoms with Crippen molar-refractivity contribution in [3.63, 3.8) is 0 Å². The second-order valence-corrected chi connectivity index (χ2v) is 4.50. The van der Waals surface area contributed by atoms with E-state index in [0.29, 0.717) is 0 Å².